The summed E-state index contributed by atoms with van der Waals surface area (Å²) in [4.78, 5) is 33.2. The van der Waals surface area contributed by atoms with E-state index in [1.54, 1.807) is 10.8 Å². The Balaban J connectivity index is 1.54. The van der Waals surface area contributed by atoms with Crippen molar-refractivity contribution in [2.75, 3.05) is 5.32 Å². The number of carbonyl (C=O) groups is 1. The molecule has 4 aromatic rings. The molecule has 2 aliphatic heterocycles. The van der Waals surface area contributed by atoms with Crippen LogP contribution in [-0.4, -0.2) is 26.0 Å². The minimum atomic E-state index is -1.18. The summed E-state index contributed by atoms with van der Waals surface area (Å²) in [6.45, 7) is 8.54. The number of nitrogens with zero attached hydrogens (tertiary/aromatic N) is 4. The molecule has 8 nitrogen and oxygen atoms in total. The van der Waals surface area contributed by atoms with Gasteiger partial charge in [0.25, 0.3) is 5.56 Å². The number of aryl methyl sites for hydroxylation is 2. The predicted molar refractivity (Wildman–Crippen MR) is 142 cm³/mol. The molecule has 188 valence electrons. The van der Waals surface area contributed by atoms with Gasteiger partial charge in [-0.1, -0.05) is 47.7 Å². The number of amides is 1. The maximum absolute atomic E-state index is 13.9. The number of anilines is 1. The van der Waals surface area contributed by atoms with E-state index < -0.39 is 17.7 Å². The number of ether oxygens (including phenoxy) is 1. The first kappa shape index (κ1) is 23.4. The third kappa shape index (κ3) is 3.64. The molecule has 3 unspecified atom stereocenters. The third-order valence-corrected chi connectivity index (χ3v) is 8.28. The van der Waals surface area contributed by atoms with Crippen molar-refractivity contribution in [1.82, 2.24) is 14.3 Å². The summed E-state index contributed by atoms with van der Waals surface area (Å²) in [7, 11) is 0. The first-order chi connectivity index (χ1) is 17.8. The van der Waals surface area contributed by atoms with Crippen molar-refractivity contribution >= 4 is 29.0 Å². The fourth-order valence-corrected chi connectivity index (χ4v) is 6.42. The first-order valence-corrected chi connectivity index (χ1v) is 13.1. The molecule has 0 radical (unpaired) electrons. The van der Waals surface area contributed by atoms with Crippen LogP contribution >= 0.6 is 11.3 Å². The zero-order valence-corrected chi connectivity index (χ0v) is 21.9. The lowest BCUT2D eigenvalue weighted by atomic mass is 9.80. The Labute approximate surface area is 217 Å². The van der Waals surface area contributed by atoms with E-state index in [0.717, 1.165) is 34.6 Å². The van der Waals surface area contributed by atoms with Gasteiger partial charge in [-0.2, -0.15) is 5.10 Å². The normalized spacial score (nSPS) is 22.0. The minimum absolute atomic E-state index is 0.176. The van der Waals surface area contributed by atoms with Crippen LogP contribution in [-0.2, 0) is 11.3 Å². The Bertz CT molecular complexity index is 1730. The number of nitrogens with one attached hydrogen (secondary N) is 1. The van der Waals surface area contributed by atoms with Crippen LogP contribution in [0.25, 0.3) is 6.08 Å². The maximum Gasteiger partial charge on any atom is 0.270 e. The van der Waals surface area contributed by atoms with E-state index in [-0.39, 0.29) is 11.5 Å². The Hall–Kier alpha value is -3.98. The van der Waals surface area contributed by atoms with E-state index in [9.17, 15) is 9.59 Å². The zero-order chi connectivity index (χ0) is 25.9. The number of hydrogen-bond donors (Lipinski definition) is 1. The van der Waals surface area contributed by atoms with Gasteiger partial charge in [-0.05, 0) is 51.5 Å². The molecule has 0 saturated heterocycles. The molecule has 3 atom stereocenters. The first-order valence-electron chi connectivity index (χ1n) is 12.3. The van der Waals surface area contributed by atoms with Crippen LogP contribution in [0.3, 0.4) is 0 Å². The van der Waals surface area contributed by atoms with Crippen molar-refractivity contribution in [3.63, 3.8) is 0 Å². The fourth-order valence-electron chi connectivity index (χ4n) is 5.33. The average molecular weight is 514 g/mol. The Morgan fingerprint density at radius 2 is 1.95 bits per heavy atom. The lowest BCUT2D eigenvalue weighted by Gasteiger charge is -2.45. The molecule has 0 aliphatic carbocycles. The van der Waals surface area contributed by atoms with Gasteiger partial charge in [0.15, 0.2) is 4.80 Å². The van der Waals surface area contributed by atoms with Gasteiger partial charge < -0.3 is 10.1 Å². The van der Waals surface area contributed by atoms with Gasteiger partial charge in [-0.15, -0.1) is 0 Å². The third-order valence-electron chi connectivity index (χ3n) is 7.29. The van der Waals surface area contributed by atoms with Crippen LogP contribution < -0.4 is 24.9 Å². The average Bonchev–Trinajstić information content (AvgIpc) is 3.37. The molecule has 2 bridgehead atoms. The SMILES string of the molecule is CCn1ncc(/C=c2/sc3n(c2=O)C2c4ccccc4OC(C)(N=3)C2C(=O)Nc2ccccc2C)c1C. The summed E-state index contributed by atoms with van der Waals surface area (Å²) >= 11 is 1.31. The molecule has 1 amide bonds. The van der Waals surface area contributed by atoms with Crippen molar-refractivity contribution in [3.8, 4) is 5.75 Å². The van der Waals surface area contributed by atoms with Gasteiger partial charge in [0.05, 0.1) is 16.8 Å². The standard InChI is InChI=1S/C28H27N5O3S/c1-5-32-17(3)18(15-29-32)14-22-26(35)33-24-19-11-7-9-13-21(19)36-28(4,31-27(33)37-22)23(24)25(34)30-20-12-8-6-10-16(20)2/h6-15,23-24H,5H2,1-4H3,(H,30,34)/b22-14+. The summed E-state index contributed by atoms with van der Waals surface area (Å²) in [6, 6.07) is 14.6. The number of aromatic nitrogens is 3. The Kier molecular flexibility index (Phi) is 5.41. The molecule has 0 fully saturated rings. The lowest BCUT2D eigenvalue weighted by molar-refractivity contribution is -0.131. The fraction of sp³-hybridized carbons (Fsp3) is 0.286. The summed E-state index contributed by atoms with van der Waals surface area (Å²) in [5.41, 5.74) is 3.00. The molecule has 0 spiro atoms. The number of benzene rings is 2. The Morgan fingerprint density at radius 1 is 1.19 bits per heavy atom. The highest BCUT2D eigenvalue weighted by molar-refractivity contribution is 7.07. The molecule has 1 N–H and O–H groups in total. The van der Waals surface area contributed by atoms with Crippen molar-refractivity contribution in [2.24, 2.45) is 10.9 Å². The van der Waals surface area contributed by atoms with Crippen LogP contribution in [0.15, 0.2) is 64.5 Å². The smallest absolute Gasteiger partial charge is 0.270 e. The Morgan fingerprint density at radius 3 is 2.70 bits per heavy atom. The van der Waals surface area contributed by atoms with E-state index in [0.29, 0.717) is 15.1 Å². The lowest BCUT2D eigenvalue weighted by Crippen LogP contribution is -2.59. The number of thiazole rings is 1. The second kappa shape index (κ2) is 8.55. The number of hydrogen-bond acceptors (Lipinski definition) is 6. The number of para-hydroxylation sites is 2. The molecular formula is C28H27N5O3S. The predicted octanol–water partition coefficient (Wildman–Crippen LogP) is 3.16. The molecule has 2 aliphatic rings. The van der Waals surface area contributed by atoms with Crippen molar-refractivity contribution in [3.05, 3.63) is 96.8 Å². The van der Waals surface area contributed by atoms with E-state index >= 15 is 0 Å². The van der Waals surface area contributed by atoms with Gasteiger partial charge in [0.2, 0.25) is 11.6 Å². The van der Waals surface area contributed by atoms with Crippen molar-refractivity contribution in [1.29, 1.82) is 0 Å². The maximum atomic E-state index is 13.9. The quantitative estimate of drug-likeness (QED) is 0.454. The highest BCUT2D eigenvalue weighted by atomic mass is 32.1. The topological polar surface area (TPSA) is 90.5 Å². The van der Waals surface area contributed by atoms with Crippen LogP contribution in [0, 0.1) is 19.8 Å². The summed E-state index contributed by atoms with van der Waals surface area (Å²) < 4.78 is 10.5. The molecule has 4 heterocycles. The van der Waals surface area contributed by atoms with E-state index in [1.807, 2.05) is 87.0 Å². The second-order valence-electron chi connectivity index (χ2n) is 9.60. The van der Waals surface area contributed by atoms with Gasteiger partial charge >= 0.3 is 0 Å². The van der Waals surface area contributed by atoms with E-state index in [1.165, 1.54) is 11.3 Å². The monoisotopic (exact) mass is 513 g/mol. The van der Waals surface area contributed by atoms with Crippen LogP contribution in [0.4, 0.5) is 5.69 Å². The molecule has 9 heteroatoms. The number of fused-ring (bicyclic) bond motifs is 6. The van der Waals surface area contributed by atoms with Gasteiger partial charge in [-0.3, -0.25) is 18.8 Å². The summed E-state index contributed by atoms with van der Waals surface area (Å²) in [6.07, 6.45) is 3.64. The van der Waals surface area contributed by atoms with Crippen LogP contribution in [0.2, 0.25) is 0 Å². The molecule has 6 rings (SSSR count). The highest BCUT2D eigenvalue weighted by Gasteiger charge is 2.55. The summed E-state index contributed by atoms with van der Waals surface area (Å²) in [5, 5.41) is 7.47. The molecule has 37 heavy (non-hydrogen) atoms. The van der Waals surface area contributed by atoms with E-state index in [4.69, 9.17) is 9.73 Å². The largest absolute Gasteiger partial charge is 0.465 e. The zero-order valence-electron chi connectivity index (χ0n) is 21.1. The number of carbonyl (C=O) groups excluding carboxylic acids is 1. The van der Waals surface area contributed by atoms with Gasteiger partial charge in [-0.25, -0.2) is 4.99 Å². The number of rotatable bonds is 4. The highest BCUT2D eigenvalue weighted by Crippen LogP contribution is 2.47. The van der Waals surface area contributed by atoms with Crippen molar-refractivity contribution < 1.29 is 9.53 Å². The second-order valence-corrected chi connectivity index (χ2v) is 10.6. The van der Waals surface area contributed by atoms with E-state index in [2.05, 4.69) is 10.4 Å². The van der Waals surface area contributed by atoms with Crippen LogP contribution in [0.5, 0.6) is 5.75 Å². The molecule has 2 aromatic heterocycles. The van der Waals surface area contributed by atoms with Gasteiger partial charge in [0.1, 0.15) is 11.7 Å². The molecule has 2 aromatic carbocycles. The molecule has 0 saturated carbocycles. The minimum Gasteiger partial charge on any atom is -0.465 e. The van der Waals surface area contributed by atoms with Crippen molar-refractivity contribution in [2.45, 2.75) is 46.0 Å². The summed E-state index contributed by atoms with van der Waals surface area (Å²) in [5.74, 6) is -0.360. The van der Waals surface area contributed by atoms with Gasteiger partial charge in [0, 0.05) is 29.1 Å². The van der Waals surface area contributed by atoms with Crippen LogP contribution in [0.1, 0.15) is 42.3 Å². The molecular weight excluding hydrogens is 486 g/mol.